The average molecular weight is 281 g/mol. The van der Waals surface area contributed by atoms with Crippen molar-refractivity contribution in [3.63, 3.8) is 0 Å². The first-order chi connectivity index (χ1) is 9.09. The molecule has 0 atom stereocenters. The van der Waals surface area contributed by atoms with Gasteiger partial charge in [0.15, 0.2) is 0 Å². The summed E-state index contributed by atoms with van der Waals surface area (Å²) in [6.45, 7) is 6.37. The minimum absolute atomic E-state index is 0.0709. The number of nitrogens with two attached hydrogens (primary N) is 1. The quantitative estimate of drug-likeness (QED) is 0.794. The van der Waals surface area contributed by atoms with Gasteiger partial charge in [-0.15, -0.1) is 0 Å². The summed E-state index contributed by atoms with van der Waals surface area (Å²) in [6, 6.07) is 0. The SMILES string of the molecule is Cc1nc(=O)n(C(C)(C)C(N)=O)c(C)c1CCC(=O)O. The molecule has 7 heteroatoms. The summed E-state index contributed by atoms with van der Waals surface area (Å²) in [7, 11) is 0. The number of carboxylic acid groups (broad SMARTS) is 1. The average Bonchev–Trinajstić information content (AvgIpc) is 2.26. The predicted octanol–water partition coefficient (Wildman–Crippen LogP) is 0.0977. The first-order valence-corrected chi connectivity index (χ1v) is 6.20. The number of primary amides is 1. The molecular weight excluding hydrogens is 262 g/mol. The number of aliphatic carboxylic acids is 1. The lowest BCUT2D eigenvalue weighted by molar-refractivity contribution is -0.137. The fourth-order valence-electron chi connectivity index (χ4n) is 2.16. The highest BCUT2D eigenvalue weighted by Crippen LogP contribution is 2.19. The Labute approximate surface area is 116 Å². The van der Waals surface area contributed by atoms with Gasteiger partial charge in [-0.2, -0.15) is 4.98 Å². The Morgan fingerprint density at radius 3 is 2.35 bits per heavy atom. The summed E-state index contributed by atoms with van der Waals surface area (Å²) < 4.78 is 1.22. The van der Waals surface area contributed by atoms with Crippen molar-refractivity contribution in [2.45, 2.75) is 46.1 Å². The highest BCUT2D eigenvalue weighted by molar-refractivity contribution is 5.81. The number of hydrogen-bond donors (Lipinski definition) is 2. The van der Waals surface area contributed by atoms with Gasteiger partial charge in [-0.3, -0.25) is 14.2 Å². The molecule has 0 saturated heterocycles. The molecule has 0 aromatic carbocycles. The van der Waals surface area contributed by atoms with Crippen LogP contribution < -0.4 is 11.4 Å². The molecule has 0 radical (unpaired) electrons. The minimum Gasteiger partial charge on any atom is -0.481 e. The van der Waals surface area contributed by atoms with Crippen LogP contribution in [0.2, 0.25) is 0 Å². The van der Waals surface area contributed by atoms with Gasteiger partial charge in [0, 0.05) is 17.8 Å². The Balaban J connectivity index is 3.48. The van der Waals surface area contributed by atoms with Gasteiger partial charge in [-0.1, -0.05) is 0 Å². The Kier molecular flexibility index (Phi) is 4.32. The molecule has 110 valence electrons. The molecule has 1 rings (SSSR count). The largest absolute Gasteiger partial charge is 0.481 e. The van der Waals surface area contributed by atoms with E-state index in [1.54, 1.807) is 13.8 Å². The lowest BCUT2D eigenvalue weighted by Gasteiger charge is -2.27. The first kappa shape index (κ1) is 15.9. The van der Waals surface area contributed by atoms with Crippen LogP contribution in [0.1, 0.15) is 37.2 Å². The summed E-state index contributed by atoms with van der Waals surface area (Å²) in [4.78, 5) is 38.1. The van der Waals surface area contributed by atoms with Crippen molar-refractivity contribution in [3.8, 4) is 0 Å². The first-order valence-electron chi connectivity index (χ1n) is 6.20. The fraction of sp³-hybridized carbons (Fsp3) is 0.538. The van der Waals surface area contributed by atoms with Crippen molar-refractivity contribution in [2.24, 2.45) is 5.73 Å². The van der Waals surface area contributed by atoms with E-state index in [0.717, 1.165) is 0 Å². The van der Waals surface area contributed by atoms with Crippen LogP contribution in [0.4, 0.5) is 0 Å². The number of carbonyl (C=O) groups excluding carboxylic acids is 1. The molecule has 1 amide bonds. The third kappa shape index (κ3) is 2.87. The molecule has 7 nitrogen and oxygen atoms in total. The summed E-state index contributed by atoms with van der Waals surface area (Å²) in [5.41, 5.74) is 5.19. The van der Waals surface area contributed by atoms with Crippen LogP contribution in [0.15, 0.2) is 4.79 Å². The number of hydrogen-bond acceptors (Lipinski definition) is 4. The van der Waals surface area contributed by atoms with Gasteiger partial charge in [-0.25, -0.2) is 4.79 Å². The van der Waals surface area contributed by atoms with Crippen LogP contribution in [0.25, 0.3) is 0 Å². The molecule has 0 aliphatic rings. The van der Waals surface area contributed by atoms with Crippen LogP contribution in [0, 0.1) is 13.8 Å². The van der Waals surface area contributed by atoms with Crippen LogP contribution >= 0.6 is 0 Å². The summed E-state index contributed by atoms with van der Waals surface area (Å²) >= 11 is 0. The maximum atomic E-state index is 12.0. The minimum atomic E-state index is -1.22. The van der Waals surface area contributed by atoms with Gasteiger partial charge >= 0.3 is 11.7 Å². The number of aromatic nitrogens is 2. The summed E-state index contributed by atoms with van der Waals surface area (Å²) in [5.74, 6) is -1.59. The number of aryl methyl sites for hydroxylation is 1. The molecule has 1 heterocycles. The molecule has 0 aliphatic carbocycles. The Morgan fingerprint density at radius 1 is 1.35 bits per heavy atom. The Morgan fingerprint density at radius 2 is 1.90 bits per heavy atom. The molecule has 0 spiro atoms. The zero-order chi connectivity index (χ0) is 15.7. The third-order valence-electron chi connectivity index (χ3n) is 3.41. The van der Waals surface area contributed by atoms with E-state index in [-0.39, 0.29) is 12.8 Å². The zero-order valence-electron chi connectivity index (χ0n) is 12.1. The smallest absolute Gasteiger partial charge is 0.348 e. The zero-order valence-corrected chi connectivity index (χ0v) is 12.1. The van der Waals surface area contributed by atoms with E-state index in [4.69, 9.17) is 10.8 Å². The van der Waals surface area contributed by atoms with Gasteiger partial charge in [0.25, 0.3) is 0 Å². The maximum absolute atomic E-state index is 12.0. The van der Waals surface area contributed by atoms with Crippen molar-refractivity contribution < 1.29 is 14.7 Å². The number of rotatable bonds is 5. The molecule has 3 N–H and O–H groups in total. The molecule has 1 aromatic heterocycles. The van der Waals surface area contributed by atoms with Gasteiger partial charge in [0.1, 0.15) is 5.54 Å². The molecule has 0 fully saturated rings. The van der Waals surface area contributed by atoms with Gasteiger partial charge in [-0.05, 0) is 39.7 Å². The van der Waals surface area contributed by atoms with E-state index in [2.05, 4.69) is 4.98 Å². The van der Waals surface area contributed by atoms with Crippen molar-refractivity contribution in [2.75, 3.05) is 0 Å². The standard InChI is InChI=1S/C13H19N3O4/c1-7-9(5-6-10(17)18)8(2)16(12(20)15-7)13(3,4)11(14)19/h5-6H2,1-4H3,(H2,14,19)(H,17,18). The molecule has 0 saturated carbocycles. The van der Waals surface area contributed by atoms with Crippen molar-refractivity contribution in [1.29, 1.82) is 0 Å². The van der Waals surface area contributed by atoms with E-state index < -0.39 is 23.1 Å². The highest BCUT2D eigenvalue weighted by atomic mass is 16.4. The number of nitrogens with zero attached hydrogens (tertiary/aromatic N) is 2. The maximum Gasteiger partial charge on any atom is 0.348 e. The topological polar surface area (TPSA) is 115 Å². The molecule has 0 unspecified atom stereocenters. The molecular formula is C13H19N3O4. The summed E-state index contributed by atoms with van der Waals surface area (Å²) in [6.07, 6.45) is 0.174. The normalized spacial score (nSPS) is 11.4. The van der Waals surface area contributed by atoms with Crippen LogP contribution in [0.5, 0.6) is 0 Å². The molecule has 0 bridgehead atoms. The molecule has 20 heavy (non-hydrogen) atoms. The van der Waals surface area contributed by atoms with Crippen molar-refractivity contribution >= 4 is 11.9 Å². The lowest BCUT2D eigenvalue weighted by Crippen LogP contribution is -2.48. The van der Waals surface area contributed by atoms with E-state index >= 15 is 0 Å². The monoisotopic (exact) mass is 281 g/mol. The predicted molar refractivity (Wildman–Crippen MR) is 72.4 cm³/mol. The van der Waals surface area contributed by atoms with E-state index in [0.29, 0.717) is 17.0 Å². The number of amides is 1. The molecule has 1 aromatic rings. The second kappa shape index (κ2) is 5.44. The van der Waals surface area contributed by atoms with Crippen LogP contribution in [-0.2, 0) is 21.5 Å². The van der Waals surface area contributed by atoms with E-state index in [9.17, 15) is 14.4 Å². The second-order valence-electron chi connectivity index (χ2n) is 5.20. The second-order valence-corrected chi connectivity index (χ2v) is 5.20. The van der Waals surface area contributed by atoms with Crippen LogP contribution in [0.3, 0.4) is 0 Å². The van der Waals surface area contributed by atoms with Gasteiger partial charge in [0.05, 0.1) is 0 Å². The lowest BCUT2D eigenvalue weighted by atomic mass is 10.0. The van der Waals surface area contributed by atoms with Crippen molar-refractivity contribution in [1.82, 2.24) is 9.55 Å². The van der Waals surface area contributed by atoms with Crippen molar-refractivity contribution in [3.05, 3.63) is 27.4 Å². The highest BCUT2D eigenvalue weighted by Gasteiger charge is 2.31. The fourth-order valence-corrected chi connectivity index (χ4v) is 2.16. The molecule has 0 aliphatic heterocycles. The third-order valence-corrected chi connectivity index (χ3v) is 3.41. The van der Waals surface area contributed by atoms with Crippen LogP contribution in [-0.4, -0.2) is 26.5 Å². The Hall–Kier alpha value is -2.18. The Bertz CT molecular complexity index is 617. The summed E-state index contributed by atoms with van der Waals surface area (Å²) in [5, 5.41) is 8.77. The number of carbonyl (C=O) groups is 2. The van der Waals surface area contributed by atoms with Gasteiger partial charge < -0.3 is 10.8 Å². The van der Waals surface area contributed by atoms with E-state index in [1.807, 2.05) is 0 Å². The number of carboxylic acids is 1. The van der Waals surface area contributed by atoms with Gasteiger partial charge in [0.2, 0.25) is 5.91 Å². The van der Waals surface area contributed by atoms with E-state index in [1.165, 1.54) is 18.4 Å².